The average molecular weight is 855 g/mol. The molecule has 6 aromatic rings. The number of benzene rings is 2. The molecule has 2 aliphatic carbocycles. The van der Waals surface area contributed by atoms with Crippen LogP contribution in [0.4, 0.5) is 11.9 Å². The summed E-state index contributed by atoms with van der Waals surface area (Å²) in [6, 6.07) is 18.4. The van der Waals surface area contributed by atoms with Crippen LogP contribution in [-0.2, 0) is 13.1 Å². The summed E-state index contributed by atoms with van der Waals surface area (Å²) in [6.07, 6.45) is 17.4. The second-order valence-corrected chi connectivity index (χ2v) is 18.5. The number of piperidine rings is 2. The Morgan fingerprint density at radius 2 is 1.02 bits per heavy atom. The normalized spacial score (nSPS) is 19.6. The number of fused-ring (bicyclic) bond motifs is 2. The smallest absolute Gasteiger partial charge is 0.322 e. The molecule has 4 N–H and O–H groups in total. The van der Waals surface area contributed by atoms with Gasteiger partial charge in [-0.25, -0.2) is 0 Å². The first-order chi connectivity index (χ1) is 30.9. The second kappa shape index (κ2) is 20.0. The third-order valence-corrected chi connectivity index (χ3v) is 13.4. The predicted octanol–water partition coefficient (Wildman–Crippen LogP) is 8.91. The molecule has 4 aliphatic rings. The van der Waals surface area contributed by atoms with E-state index in [1.807, 2.05) is 21.4 Å². The van der Waals surface area contributed by atoms with Gasteiger partial charge in [0.1, 0.15) is 12.2 Å². The third kappa shape index (κ3) is 10.1. The van der Waals surface area contributed by atoms with Crippen molar-refractivity contribution < 1.29 is 9.47 Å². The number of nitrogens with one attached hydrogen (secondary N) is 4. The van der Waals surface area contributed by atoms with Crippen LogP contribution in [0.25, 0.3) is 11.3 Å². The SMILES string of the molecule is CC(C)c1cnn2c(NCc3ccccc3C3CCC3)nc(O[C@@H]3CCCNC3)nc12.CC(C)c1cnn2c(NCc3ccccc3C3CCCC3)nc(O[C@@H]3CCCNC3)nc12. The monoisotopic (exact) mass is 855 g/mol. The van der Waals surface area contributed by atoms with Crippen molar-refractivity contribution in [3.05, 3.63) is 94.3 Å². The Bertz CT molecular complexity index is 2420. The van der Waals surface area contributed by atoms with Gasteiger partial charge in [-0.05, 0) is 110 Å². The van der Waals surface area contributed by atoms with Gasteiger partial charge < -0.3 is 30.7 Å². The summed E-state index contributed by atoms with van der Waals surface area (Å²) in [6.45, 7) is 13.8. The van der Waals surface area contributed by atoms with E-state index in [9.17, 15) is 0 Å². The molecule has 4 aromatic heterocycles. The summed E-state index contributed by atoms with van der Waals surface area (Å²) in [5.41, 5.74) is 9.44. The van der Waals surface area contributed by atoms with Gasteiger partial charge in [0.25, 0.3) is 0 Å². The Morgan fingerprint density at radius 1 is 0.571 bits per heavy atom. The zero-order valence-corrected chi connectivity index (χ0v) is 37.7. The molecule has 2 saturated heterocycles. The van der Waals surface area contributed by atoms with Crippen molar-refractivity contribution in [3.63, 3.8) is 0 Å². The molecule has 0 radical (unpaired) electrons. The minimum Gasteiger partial charge on any atom is -0.459 e. The Hall–Kier alpha value is -5.34. The van der Waals surface area contributed by atoms with Crippen molar-refractivity contribution in [2.45, 2.75) is 147 Å². The highest BCUT2D eigenvalue weighted by molar-refractivity contribution is 5.54. The number of anilines is 2. The maximum Gasteiger partial charge on any atom is 0.322 e. The van der Waals surface area contributed by atoms with Crippen molar-refractivity contribution in [1.29, 1.82) is 0 Å². The number of aromatic nitrogens is 8. The summed E-state index contributed by atoms with van der Waals surface area (Å²) in [4.78, 5) is 18.9. The zero-order valence-electron chi connectivity index (χ0n) is 37.7. The number of rotatable bonds is 14. The molecule has 2 atom stereocenters. The molecule has 6 heterocycles. The first-order valence-electron chi connectivity index (χ1n) is 23.8. The highest BCUT2D eigenvalue weighted by Crippen LogP contribution is 2.38. The standard InChI is InChI=1S/C25H34N6O.C24H32N6O/c1-17(2)22-16-28-31-23(22)29-25(32-20-11-7-13-26-15-20)30-24(31)27-14-19-10-5-6-12-21(19)18-8-3-4-9-18;1-16(2)21-15-27-30-22(21)28-24(31-19-10-6-12-25-14-19)29-23(30)26-13-18-7-3-4-11-20(18)17-8-5-9-17/h5-6,10,12,16-18,20,26H,3-4,7-9,11,13-15H2,1-2H3,(H,27,29,30);3-4,7,11,15-17,19,25H,5-6,8-10,12-14H2,1-2H3,(H,26,28,29)/t20-;19-/m11/s1. The van der Waals surface area contributed by atoms with Gasteiger partial charge in [-0.1, -0.05) is 95.5 Å². The Balaban J connectivity index is 0.000000160. The lowest BCUT2D eigenvalue weighted by atomic mass is 9.78. The van der Waals surface area contributed by atoms with E-state index >= 15 is 0 Å². The quantitative estimate of drug-likeness (QED) is 0.0828. The minimum atomic E-state index is 0.104. The first-order valence-corrected chi connectivity index (χ1v) is 23.8. The average Bonchev–Trinajstić information content (AvgIpc) is 4.07. The fourth-order valence-electron chi connectivity index (χ4n) is 9.53. The van der Waals surface area contributed by atoms with Gasteiger partial charge in [0, 0.05) is 37.3 Å². The van der Waals surface area contributed by atoms with Crippen LogP contribution in [0.5, 0.6) is 12.0 Å². The maximum absolute atomic E-state index is 6.20. The molecule has 63 heavy (non-hydrogen) atoms. The number of nitrogens with zero attached hydrogens (tertiary/aromatic N) is 8. The molecule has 334 valence electrons. The van der Waals surface area contributed by atoms with Gasteiger partial charge in [-0.2, -0.15) is 39.2 Å². The van der Waals surface area contributed by atoms with E-state index in [0.29, 0.717) is 60.7 Å². The van der Waals surface area contributed by atoms with Gasteiger partial charge in [0.15, 0.2) is 11.3 Å². The predicted molar refractivity (Wildman–Crippen MR) is 248 cm³/mol. The van der Waals surface area contributed by atoms with E-state index in [1.165, 1.54) is 67.2 Å². The third-order valence-electron chi connectivity index (χ3n) is 13.4. The molecule has 10 rings (SSSR count). The van der Waals surface area contributed by atoms with Gasteiger partial charge in [-0.3, -0.25) is 0 Å². The highest BCUT2D eigenvalue weighted by atomic mass is 16.5. The topological polar surface area (TPSA) is 153 Å². The molecule has 2 aromatic carbocycles. The van der Waals surface area contributed by atoms with Crippen LogP contribution in [0.1, 0.15) is 155 Å². The molecule has 14 nitrogen and oxygen atoms in total. The van der Waals surface area contributed by atoms with Gasteiger partial charge in [-0.15, -0.1) is 0 Å². The summed E-state index contributed by atoms with van der Waals surface area (Å²) >= 11 is 0. The van der Waals surface area contributed by atoms with E-state index in [1.54, 1.807) is 0 Å². The molecular formula is C49H66N12O2. The fraction of sp³-hybridized carbons (Fsp3) is 0.551. The van der Waals surface area contributed by atoms with Crippen molar-refractivity contribution in [3.8, 4) is 12.0 Å². The Labute approximate surface area is 371 Å². The molecule has 0 unspecified atom stereocenters. The zero-order chi connectivity index (χ0) is 43.1. The molecule has 0 bridgehead atoms. The minimum absolute atomic E-state index is 0.104. The largest absolute Gasteiger partial charge is 0.459 e. The van der Waals surface area contributed by atoms with Gasteiger partial charge in [0.2, 0.25) is 11.9 Å². The van der Waals surface area contributed by atoms with Crippen LogP contribution in [0.2, 0.25) is 0 Å². The molecule has 14 heteroatoms. The van der Waals surface area contributed by atoms with E-state index in [2.05, 4.69) is 108 Å². The summed E-state index contributed by atoms with van der Waals surface area (Å²) in [5, 5.41) is 23.1. The Morgan fingerprint density at radius 3 is 1.41 bits per heavy atom. The summed E-state index contributed by atoms with van der Waals surface area (Å²) in [5.74, 6) is 3.37. The molecule has 4 fully saturated rings. The molecule has 0 amide bonds. The van der Waals surface area contributed by atoms with Crippen LogP contribution in [0, 0.1) is 0 Å². The second-order valence-electron chi connectivity index (χ2n) is 18.5. The number of ether oxygens (including phenoxy) is 2. The van der Waals surface area contributed by atoms with Gasteiger partial charge >= 0.3 is 12.0 Å². The van der Waals surface area contributed by atoms with Crippen LogP contribution in [0.3, 0.4) is 0 Å². The molecule has 0 spiro atoms. The lowest BCUT2D eigenvalue weighted by Crippen LogP contribution is -2.37. The van der Waals surface area contributed by atoms with Crippen LogP contribution < -0.4 is 30.7 Å². The van der Waals surface area contributed by atoms with Crippen LogP contribution in [-0.4, -0.2) is 77.6 Å². The van der Waals surface area contributed by atoms with Crippen molar-refractivity contribution in [2.24, 2.45) is 0 Å². The van der Waals surface area contributed by atoms with Crippen LogP contribution >= 0.6 is 0 Å². The van der Waals surface area contributed by atoms with E-state index in [0.717, 1.165) is 74.3 Å². The highest BCUT2D eigenvalue weighted by Gasteiger charge is 2.25. The lowest BCUT2D eigenvalue weighted by molar-refractivity contribution is 0.153. The summed E-state index contributed by atoms with van der Waals surface area (Å²) < 4.78 is 16.0. The van der Waals surface area contributed by atoms with E-state index < -0.39 is 0 Å². The fourth-order valence-corrected chi connectivity index (χ4v) is 9.53. The van der Waals surface area contributed by atoms with Crippen molar-refractivity contribution in [2.75, 3.05) is 36.8 Å². The van der Waals surface area contributed by atoms with Gasteiger partial charge in [0.05, 0.1) is 12.4 Å². The molecule has 2 aliphatic heterocycles. The maximum atomic E-state index is 6.20. The van der Waals surface area contributed by atoms with E-state index in [-0.39, 0.29) is 12.2 Å². The number of hydrogen-bond acceptors (Lipinski definition) is 12. The molecular weight excluding hydrogens is 789 g/mol. The van der Waals surface area contributed by atoms with Crippen molar-refractivity contribution >= 4 is 23.2 Å². The van der Waals surface area contributed by atoms with E-state index in [4.69, 9.17) is 29.4 Å². The lowest BCUT2D eigenvalue weighted by Gasteiger charge is -2.28. The number of hydrogen-bond donors (Lipinski definition) is 4. The summed E-state index contributed by atoms with van der Waals surface area (Å²) in [7, 11) is 0. The first kappa shape index (κ1) is 42.9. The molecule has 2 saturated carbocycles. The Kier molecular flexibility index (Phi) is 13.6. The van der Waals surface area contributed by atoms with Crippen LogP contribution in [0.15, 0.2) is 60.9 Å². The van der Waals surface area contributed by atoms with Crippen molar-refractivity contribution in [1.82, 2.24) is 49.8 Å².